The molecule has 2 N–H and O–H groups in total. The largest absolute Gasteiger partial charge is 0.496 e. The Labute approximate surface area is 75.9 Å². The third-order valence-electron chi connectivity index (χ3n) is 1.46. The summed E-state index contributed by atoms with van der Waals surface area (Å²) >= 11 is 4.12. The molecule has 0 fully saturated rings. The predicted octanol–water partition coefficient (Wildman–Crippen LogP) is 1.08. The second-order valence-corrected chi connectivity index (χ2v) is 2.73. The average molecular weight is 183 g/mol. The molecule has 0 spiro atoms. The third-order valence-corrected chi connectivity index (χ3v) is 1.83. The van der Waals surface area contributed by atoms with Gasteiger partial charge in [-0.25, -0.2) is 0 Å². The average Bonchev–Trinajstić information content (AvgIpc) is 2.05. The molecule has 0 atom stereocenters. The van der Waals surface area contributed by atoms with Gasteiger partial charge in [0.25, 0.3) is 0 Å². The third kappa shape index (κ3) is 1.71. The highest BCUT2D eigenvalue weighted by atomic mass is 32.1. The van der Waals surface area contributed by atoms with Crippen molar-refractivity contribution in [3.63, 3.8) is 0 Å². The van der Waals surface area contributed by atoms with Crippen molar-refractivity contribution in [2.24, 2.45) is 5.73 Å². The Bertz CT molecular complexity index is 312. The van der Waals surface area contributed by atoms with Gasteiger partial charge in [-0.3, -0.25) is 4.79 Å². The molecule has 0 aromatic heterocycles. The topological polar surface area (TPSA) is 52.3 Å². The van der Waals surface area contributed by atoms with Crippen molar-refractivity contribution < 1.29 is 9.53 Å². The van der Waals surface area contributed by atoms with Crippen molar-refractivity contribution >= 4 is 18.5 Å². The van der Waals surface area contributed by atoms with Gasteiger partial charge in [0.15, 0.2) is 0 Å². The maximum atomic E-state index is 10.7. The minimum absolute atomic E-state index is 0.421. The van der Waals surface area contributed by atoms with E-state index in [4.69, 9.17) is 10.5 Å². The molecule has 1 rings (SSSR count). The molecule has 0 aliphatic rings. The molecule has 0 saturated carbocycles. The Kier molecular flexibility index (Phi) is 2.60. The fourth-order valence-corrected chi connectivity index (χ4v) is 1.06. The fraction of sp³-hybridized carbons (Fsp3) is 0.125. The van der Waals surface area contributed by atoms with E-state index in [-0.39, 0.29) is 0 Å². The van der Waals surface area contributed by atoms with E-state index in [9.17, 15) is 4.79 Å². The minimum Gasteiger partial charge on any atom is -0.496 e. The predicted molar refractivity (Wildman–Crippen MR) is 48.8 cm³/mol. The molecule has 0 aliphatic heterocycles. The van der Waals surface area contributed by atoms with Gasteiger partial charge < -0.3 is 10.5 Å². The van der Waals surface area contributed by atoms with E-state index in [1.807, 2.05) is 0 Å². The van der Waals surface area contributed by atoms with Crippen LogP contribution in [0.1, 0.15) is 10.4 Å². The Morgan fingerprint density at radius 2 is 2.25 bits per heavy atom. The first-order valence-electron chi connectivity index (χ1n) is 3.32. The van der Waals surface area contributed by atoms with Gasteiger partial charge >= 0.3 is 0 Å². The maximum Gasteiger partial charge on any atom is 0.248 e. The molecule has 12 heavy (non-hydrogen) atoms. The number of benzene rings is 1. The quantitative estimate of drug-likeness (QED) is 0.674. The van der Waals surface area contributed by atoms with Crippen molar-refractivity contribution in [3.8, 4) is 5.75 Å². The van der Waals surface area contributed by atoms with Gasteiger partial charge in [-0.1, -0.05) is 0 Å². The number of ether oxygens (including phenoxy) is 1. The van der Waals surface area contributed by atoms with E-state index in [1.165, 1.54) is 7.11 Å². The summed E-state index contributed by atoms with van der Waals surface area (Å²) in [5.74, 6) is 0.0799. The Morgan fingerprint density at radius 1 is 1.58 bits per heavy atom. The van der Waals surface area contributed by atoms with Crippen LogP contribution in [0.5, 0.6) is 5.75 Å². The van der Waals surface area contributed by atoms with Crippen LogP contribution < -0.4 is 10.5 Å². The molecule has 0 aliphatic carbocycles. The van der Waals surface area contributed by atoms with Gasteiger partial charge in [0.1, 0.15) is 5.75 Å². The van der Waals surface area contributed by atoms with Crippen molar-refractivity contribution in [1.82, 2.24) is 0 Å². The lowest BCUT2D eigenvalue weighted by Gasteiger charge is -2.03. The highest BCUT2D eigenvalue weighted by Crippen LogP contribution is 2.22. The first-order chi connectivity index (χ1) is 5.65. The summed E-state index contributed by atoms with van der Waals surface area (Å²) in [6.45, 7) is 0. The normalized spacial score (nSPS) is 9.50. The zero-order chi connectivity index (χ0) is 9.14. The lowest BCUT2D eigenvalue weighted by Crippen LogP contribution is -2.10. The molecule has 3 nitrogen and oxygen atoms in total. The summed E-state index contributed by atoms with van der Waals surface area (Å²) in [6.07, 6.45) is 0. The van der Waals surface area contributed by atoms with Crippen LogP contribution in [0.4, 0.5) is 0 Å². The number of carbonyl (C=O) groups is 1. The molecular weight excluding hydrogens is 174 g/mol. The molecule has 0 heterocycles. The van der Waals surface area contributed by atoms with Crippen LogP contribution in [0.3, 0.4) is 0 Å². The molecule has 1 aromatic carbocycles. The second kappa shape index (κ2) is 3.49. The molecule has 0 saturated heterocycles. The van der Waals surface area contributed by atoms with Gasteiger partial charge in [0.2, 0.25) is 5.91 Å². The summed E-state index contributed by atoms with van der Waals surface area (Å²) in [7, 11) is 1.51. The Morgan fingerprint density at radius 3 is 2.75 bits per heavy atom. The lowest BCUT2D eigenvalue weighted by atomic mass is 10.2. The molecule has 0 bridgehead atoms. The van der Waals surface area contributed by atoms with Crippen molar-refractivity contribution in [3.05, 3.63) is 23.8 Å². The zero-order valence-corrected chi connectivity index (χ0v) is 7.47. The Hall–Kier alpha value is -1.16. The van der Waals surface area contributed by atoms with Crippen LogP contribution in [0, 0.1) is 0 Å². The summed E-state index contributed by atoms with van der Waals surface area (Å²) in [6, 6.07) is 4.83. The summed E-state index contributed by atoms with van der Waals surface area (Å²) in [5.41, 5.74) is 5.49. The molecule has 0 radical (unpaired) electrons. The number of hydrogen-bond donors (Lipinski definition) is 2. The molecule has 4 heteroatoms. The number of primary amides is 1. The SMILES string of the molecule is COc1cc(C(N)=O)ccc1S. The van der Waals surface area contributed by atoms with Crippen molar-refractivity contribution in [2.45, 2.75) is 4.90 Å². The highest BCUT2D eigenvalue weighted by Gasteiger charge is 2.04. The summed E-state index contributed by atoms with van der Waals surface area (Å²) in [5, 5.41) is 0. The van der Waals surface area contributed by atoms with Gasteiger partial charge in [0, 0.05) is 10.5 Å². The number of thiol groups is 1. The zero-order valence-electron chi connectivity index (χ0n) is 6.57. The van der Waals surface area contributed by atoms with Crippen LogP contribution in [0.2, 0.25) is 0 Å². The van der Waals surface area contributed by atoms with E-state index in [0.29, 0.717) is 16.2 Å². The Balaban J connectivity index is 3.13. The molecular formula is C8H9NO2S. The van der Waals surface area contributed by atoms with E-state index in [1.54, 1.807) is 18.2 Å². The minimum atomic E-state index is -0.471. The number of hydrogen-bond acceptors (Lipinski definition) is 3. The van der Waals surface area contributed by atoms with E-state index < -0.39 is 5.91 Å². The van der Waals surface area contributed by atoms with Crippen LogP contribution in [0.25, 0.3) is 0 Å². The number of nitrogens with two attached hydrogens (primary N) is 1. The molecule has 1 aromatic rings. The number of amides is 1. The van der Waals surface area contributed by atoms with Gasteiger partial charge in [-0.2, -0.15) is 0 Å². The lowest BCUT2D eigenvalue weighted by molar-refractivity contribution is 0.1000. The van der Waals surface area contributed by atoms with Gasteiger partial charge in [-0.15, -0.1) is 12.6 Å². The standard InChI is InChI=1S/C8H9NO2S/c1-11-6-4-5(8(9)10)2-3-7(6)12/h2-4,12H,1H3,(H2,9,10). The molecule has 64 valence electrons. The number of rotatable bonds is 2. The van der Waals surface area contributed by atoms with E-state index in [2.05, 4.69) is 12.6 Å². The van der Waals surface area contributed by atoms with Gasteiger partial charge in [-0.05, 0) is 18.2 Å². The first-order valence-corrected chi connectivity index (χ1v) is 3.76. The van der Waals surface area contributed by atoms with Crippen LogP contribution in [-0.2, 0) is 0 Å². The van der Waals surface area contributed by atoms with Crippen molar-refractivity contribution in [2.75, 3.05) is 7.11 Å². The number of carbonyl (C=O) groups excluding carboxylic acids is 1. The highest BCUT2D eigenvalue weighted by molar-refractivity contribution is 7.80. The van der Waals surface area contributed by atoms with Crippen LogP contribution >= 0.6 is 12.6 Å². The van der Waals surface area contributed by atoms with Crippen LogP contribution in [-0.4, -0.2) is 13.0 Å². The summed E-state index contributed by atoms with van der Waals surface area (Å²) < 4.78 is 4.95. The van der Waals surface area contributed by atoms with Crippen molar-refractivity contribution in [1.29, 1.82) is 0 Å². The smallest absolute Gasteiger partial charge is 0.248 e. The summed E-state index contributed by atoms with van der Waals surface area (Å²) in [4.78, 5) is 11.4. The van der Waals surface area contributed by atoms with Crippen LogP contribution in [0.15, 0.2) is 23.1 Å². The molecule has 1 amide bonds. The first kappa shape index (κ1) is 8.93. The fourth-order valence-electron chi connectivity index (χ4n) is 0.831. The number of methoxy groups -OCH3 is 1. The van der Waals surface area contributed by atoms with E-state index in [0.717, 1.165) is 0 Å². The van der Waals surface area contributed by atoms with Gasteiger partial charge in [0.05, 0.1) is 7.11 Å². The monoisotopic (exact) mass is 183 g/mol. The molecule has 0 unspecified atom stereocenters. The maximum absolute atomic E-state index is 10.7. The van der Waals surface area contributed by atoms with E-state index >= 15 is 0 Å². The second-order valence-electron chi connectivity index (χ2n) is 2.25.